The van der Waals surface area contributed by atoms with Gasteiger partial charge >= 0.3 is 0 Å². The van der Waals surface area contributed by atoms with Crippen molar-refractivity contribution in [2.45, 2.75) is 136 Å². The van der Waals surface area contributed by atoms with Gasteiger partial charge in [0.1, 0.15) is 6.04 Å². The maximum atomic E-state index is 14.6. The number of carbonyl (C=O) groups is 6. The van der Waals surface area contributed by atoms with Gasteiger partial charge in [0.2, 0.25) is 29.1 Å². The number of hydrogen-bond acceptors (Lipinski definition) is 8. The number of nitrogens with one attached hydrogen (secondary N) is 2. The maximum absolute atomic E-state index is 14.6. The van der Waals surface area contributed by atoms with Crippen LogP contribution in [0, 0.1) is 40.9 Å². The summed E-state index contributed by atoms with van der Waals surface area (Å²) in [5.74, 6) is -3.34. The van der Waals surface area contributed by atoms with Crippen molar-refractivity contribution in [3.63, 3.8) is 0 Å². The summed E-state index contributed by atoms with van der Waals surface area (Å²) in [6, 6.07) is -0.587. The van der Waals surface area contributed by atoms with Crippen LogP contribution in [0.25, 0.3) is 0 Å². The Bertz CT molecular complexity index is 1460. The van der Waals surface area contributed by atoms with Crippen molar-refractivity contribution in [2.75, 3.05) is 6.54 Å². The lowest BCUT2D eigenvalue weighted by Crippen LogP contribution is -2.58. The van der Waals surface area contributed by atoms with Crippen molar-refractivity contribution in [1.82, 2.24) is 15.4 Å². The van der Waals surface area contributed by atoms with Gasteiger partial charge in [0.15, 0.2) is 11.6 Å². The Balaban J connectivity index is 1.36. The normalized spacial score (nSPS) is 24.6. The highest BCUT2D eigenvalue weighted by Crippen LogP contribution is 2.44. The first kappa shape index (κ1) is 36.9. The highest BCUT2D eigenvalue weighted by atomic mass is 16.5. The van der Waals surface area contributed by atoms with E-state index in [0.717, 1.165) is 70.3 Å². The molecule has 0 bridgehead atoms. The molecule has 11 heteroatoms. The summed E-state index contributed by atoms with van der Waals surface area (Å²) in [6.45, 7) is 7.97. The minimum absolute atomic E-state index is 0.0177. The SMILES string of the molecule is CCC[C@H](CC(=O)[C@@H]1[C@H]2CCC[C@H]2CN1C(=O)[C@@H](NC(=O)[C@@H](CC(=O)c1cc(=O)[nH]o1)C1CCCCC1)C(C)(C)C)C(=O)C(=O)CC1CC1. The molecule has 4 fully saturated rings. The third-order valence-corrected chi connectivity index (χ3v) is 11.6. The van der Waals surface area contributed by atoms with Crippen LogP contribution in [-0.4, -0.2) is 63.6 Å². The summed E-state index contributed by atoms with van der Waals surface area (Å²) >= 11 is 0. The van der Waals surface area contributed by atoms with Crippen LogP contribution in [0.4, 0.5) is 0 Å². The van der Waals surface area contributed by atoms with Crippen LogP contribution in [0.2, 0.25) is 0 Å². The number of carbonyl (C=O) groups excluding carboxylic acids is 6. The smallest absolute Gasteiger partial charge is 0.280 e. The number of Topliss-reactive ketones (excluding diaryl/α,β-unsaturated/α-hetero) is 4. The number of amides is 2. The molecule has 49 heavy (non-hydrogen) atoms. The van der Waals surface area contributed by atoms with Crippen LogP contribution in [0.5, 0.6) is 0 Å². The van der Waals surface area contributed by atoms with Crippen LogP contribution in [0.15, 0.2) is 15.4 Å². The van der Waals surface area contributed by atoms with E-state index in [1.165, 1.54) is 0 Å². The number of fused-ring (bicyclic) bond motifs is 1. The van der Waals surface area contributed by atoms with Crippen molar-refractivity contribution >= 4 is 34.9 Å². The number of hydrogen-bond donors (Lipinski definition) is 2. The van der Waals surface area contributed by atoms with Gasteiger partial charge in [-0.25, -0.2) is 0 Å². The van der Waals surface area contributed by atoms with Gasteiger partial charge in [-0.3, -0.25) is 33.6 Å². The van der Waals surface area contributed by atoms with Crippen LogP contribution >= 0.6 is 0 Å². The standard InChI is InChI=1S/C38H55N3O8/c1-5-10-24(34(46)30(44)17-22-15-16-22)18-29(43)33-26-14-9-13-25(26)21-41(33)37(48)35(38(2,3)4)39-36(47)27(23-11-7-6-8-12-23)19-28(42)31-20-32(45)40-49-31/h20,22-27,33,35H,5-19,21H2,1-4H3,(H,39,47)(H,40,45)/t24-,25+,26+,27+,33+,35-/m1/s1. The second-order valence-electron chi connectivity index (χ2n) is 16.4. The van der Waals surface area contributed by atoms with Crippen LogP contribution in [0.3, 0.4) is 0 Å². The molecule has 1 aromatic rings. The second kappa shape index (κ2) is 15.7. The molecular weight excluding hydrogens is 626 g/mol. The Morgan fingerprint density at radius 1 is 0.959 bits per heavy atom. The summed E-state index contributed by atoms with van der Waals surface area (Å²) in [5, 5.41) is 5.18. The van der Waals surface area contributed by atoms with E-state index in [1.807, 2.05) is 27.7 Å². The van der Waals surface area contributed by atoms with E-state index >= 15 is 0 Å². The highest BCUT2D eigenvalue weighted by Gasteiger charge is 2.52. The lowest BCUT2D eigenvalue weighted by atomic mass is 9.76. The summed E-state index contributed by atoms with van der Waals surface area (Å²) < 4.78 is 5.04. The van der Waals surface area contributed by atoms with Crippen LogP contribution in [-0.2, 0) is 24.0 Å². The molecule has 2 heterocycles. The zero-order valence-corrected chi connectivity index (χ0v) is 29.7. The number of likely N-dealkylation sites (tertiary alicyclic amines) is 1. The van der Waals surface area contributed by atoms with Crippen molar-refractivity contribution in [3.8, 4) is 0 Å². The largest absolute Gasteiger partial charge is 0.375 e. The predicted octanol–water partition coefficient (Wildman–Crippen LogP) is 5.21. The molecule has 2 N–H and O–H groups in total. The second-order valence-corrected chi connectivity index (χ2v) is 16.4. The fourth-order valence-corrected chi connectivity index (χ4v) is 8.69. The van der Waals surface area contributed by atoms with E-state index in [4.69, 9.17) is 4.52 Å². The topological polar surface area (TPSA) is 164 Å². The number of ketones is 4. The van der Waals surface area contributed by atoms with Gasteiger partial charge in [0, 0.05) is 37.6 Å². The van der Waals surface area contributed by atoms with Gasteiger partial charge in [-0.2, -0.15) is 5.16 Å². The molecule has 3 saturated carbocycles. The molecule has 4 aliphatic rings. The molecule has 1 aromatic heterocycles. The molecule has 5 rings (SSSR count). The van der Waals surface area contributed by atoms with Gasteiger partial charge in [-0.05, 0) is 74.0 Å². The molecule has 0 radical (unpaired) electrons. The molecule has 2 amide bonds. The zero-order valence-electron chi connectivity index (χ0n) is 29.7. The quantitative estimate of drug-likeness (QED) is 0.177. The zero-order chi connectivity index (χ0) is 35.5. The fourth-order valence-electron chi connectivity index (χ4n) is 8.69. The van der Waals surface area contributed by atoms with Crippen molar-refractivity contribution in [1.29, 1.82) is 0 Å². The third kappa shape index (κ3) is 8.87. The van der Waals surface area contributed by atoms with E-state index in [0.29, 0.717) is 19.4 Å². The molecule has 3 aliphatic carbocycles. The first-order valence-corrected chi connectivity index (χ1v) is 18.7. The van der Waals surface area contributed by atoms with Gasteiger partial charge in [-0.15, -0.1) is 0 Å². The number of aromatic amines is 1. The summed E-state index contributed by atoms with van der Waals surface area (Å²) in [4.78, 5) is 95.5. The van der Waals surface area contributed by atoms with Crippen LogP contribution in [0.1, 0.15) is 135 Å². The lowest BCUT2D eigenvalue weighted by Gasteiger charge is -2.38. The van der Waals surface area contributed by atoms with Gasteiger partial charge < -0.3 is 14.7 Å². The predicted molar refractivity (Wildman–Crippen MR) is 181 cm³/mol. The molecule has 0 spiro atoms. The van der Waals surface area contributed by atoms with Crippen LogP contribution < -0.4 is 10.9 Å². The fraction of sp³-hybridized carbons (Fsp3) is 0.763. The highest BCUT2D eigenvalue weighted by molar-refractivity contribution is 6.38. The van der Waals surface area contributed by atoms with Gasteiger partial charge in [-0.1, -0.05) is 59.8 Å². The van der Waals surface area contributed by atoms with E-state index in [-0.39, 0.29) is 66.2 Å². The third-order valence-electron chi connectivity index (χ3n) is 11.6. The van der Waals surface area contributed by atoms with Gasteiger partial charge in [0.05, 0.1) is 12.1 Å². The Morgan fingerprint density at radius 3 is 2.29 bits per heavy atom. The van der Waals surface area contributed by atoms with E-state index in [1.54, 1.807) is 4.90 Å². The van der Waals surface area contributed by atoms with Gasteiger partial charge in [0.25, 0.3) is 5.56 Å². The number of nitrogens with zero attached hydrogens (tertiary/aromatic N) is 1. The molecule has 11 nitrogen and oxygen atoms in total. The van der Waals surface area contributed by atoms with Crippen molar-refractivity contribution in [3.05, 3.63) is 22.2 Å². The Hall–Kier alpha value is -3.37. The van der Waals surface area contributed by atoms with E-state index in [9.17, 15) is 33.6 Å². The van der Waals surface area contributed by atoms with Crippen molar-refractivity contribution in [2.24, 2.45) is 40.9 Å². The summed E-state index contributed by atoms with van der Waals surface area (Å²) in [5.41, 5.74) is -1.25. The first-order valence-electron chi connectivity index (χ1n) is 18.7. The maximum Gasteiger partial charge on any atom is 0.280 e. The Labute approximate surface area is 289 Å². The number of aromatic nitrogens is 1. The molecule has 6 atom stereocenters. The molecule has 0 unspecified atom stereocenters. The number of H-pyrrole nitrogens is 1. The minimum atomic E-state index is -0.964. The summed E-state index contributed by atoms with van der Waals surface area (Å²) in [6.07, 6.45) is 10.3. The Kier molecular flexibility index (Phi) is 11.8. The monoisotopic (exact) mass is 681 g/mol. The Morgan fingerprint density at radius 2 is 1.67 bits per heavy atom. The van der Waals surface area contributed by atoms with Crippen molar-refractivity contribution < 1.29 is 33.3 Å². The molecule has 1 aliphatic heterocycles. The minimum Gasteiger partial charge on any atom is -0.375 e. The molecule has 270 valence electrons. The number of rotatable bonds is 16. The summed E-state index contributed by atoms with van der Waals surface area (Å²) in [7, 11) is 0. The average molecular weight is 682 g/mol. The molecule has 0 aromatic carbocycles. The van der Waals surface area contributed by atoms with E-state index in [2.05, 4.69) is 10.5 Å². The average Bonchev–Trinajstić information content (AvgIpc) is 3.40. The van der Waals surface area contributed by atoms with E-state index < -0.39 is 52.4 Å². The molecular formula is C38H55N3O8. The lowest BCUT2D eigenvalue weighted by molar-refractivity contribution is -0.146. The first-order chi connectivity index (χ1) is 23.3. The molecule has 1 saturated heterocycles.